The van der Waals surface area contributed by atoms with Crippen molar-refractivity contribution >= 4 is 17.5 Å². The van der Waals surface area contributed by atoms with E-state index in [1.807, 2.05) is 11.0 Å². The van der Waals surface area contributed by atoms with Crippen LogP contribution < -0.4 is 15.6 Å². The molecule has 2 aromatic rings. The molecule has 2 amide bonds. The van der Waals surface area contributed by atoms with Crippen molar-refractivity contribution in [2.75, 3.05) is 25.5 Å². The Morgan fingerprint density at radius 3 is 2.50 bits per heavy atom. The number of hydrogen-bond donors (Lipinski definition) is 1. The number of rotatable bonds is 4. The molecule has 1 saturated carbocycles. The van der Waals surface area contributed by atoms with Gasteiger partial charge >= 0.3 is 0 Å². The van der Waals surface area contributed by atoms with Crippen LogP contribution >= 0.6 is 0 Å². The van der Waals surface area contributed by atoms with Crippen LogP contribution in [0, 0.1) is 11.8 Å². The van der Waals surface area contributed by atoms with Crippen molar-refractivity contribution in [3.05, 3.63) is 58.0 Å². The van der Waals surface area contributed by atoms with E-state index in [0.29, 0.717) is 30.9 Å². The molecule has 3 aliphatic rings. The van der Waals surface area contributed by atoms with Gasteiger partial charge in [-0.3, -0.25) is 14.4 Å². The molecule has 2 atom stereocenters. The summed E-state index contributed by atoms with van der Waals surface area (Å²) in [6.07, 6.45) is 2.78. The summed E-state index contributed by atoms with van der Waals surface area (Å²) < 4.78 is 6.97. The summed E-state index contributed by atoms with van der Waals surface area (Å²) in [5.74, 6) is 1.09. The fraction of sp³-hybridized carbons (Fsp3) is 0.435. The lowest BCUT2D eigenvalue weighted by atomic mass is 9.83. The van der Waals surface area contributed by atoms with Crippen molar-refractivity contribution in [1.29, 1.82) is 0 Å². The highest BCUT2D eigenvalue weighted by molar-refractivity contribution is 5.95. The topological polar surface area (TPSA) is 80.6 Å². The number of ether oxygens (including phenoxy) is 1. The van der Waals surface area contributed by atoms with Crippen LogP contribution in [-0.4, -0.2) is 41.5 Å². The van der Waals surface area contributed by atoms with E-state index >= 15 is 0 Å². The summed E-state index contributed by atoms with van der Waals surface area (Å²) in [5.41, 5.74) is 1.83. The van der Waals surface area contributed by atoms with Crippen molar-refractivity contribution in [2.45, 2.75) is 31.7 Å². The molecule has 156 valence electrons. The van der Waals surface area contributed by atoms with Crippen molar-refractivity contribution < 1.29 is 14.3 Å². The first-order valence-electron chi connectivity index (χ1n) is 10.5. The number of fused-ring (bicyclic) bond motifs is 4. The number of amides is 2. The van der Waals surface area contributed by atoms with E-state index in [9.17, 15) is 14.4 Å². The van der Waals surface area contributed by atoms with E-state index < -0.39 is 0 Å². The average Bonchev–Trinajstić information content (AvgIpc) is 3.61. The zero-order valence-corrected chi connectivity index (χ0v) is 17.0. The number of aromatic nitrogens is 1. The number of carbonyl (C=O) groups excluding carboxylic acids is 2. The minimum atomic E-state index is -0.133. The third kappa shape index (κ3) is 3.38. The smallest absolute Gasteiger partial charge is 0.274 e. The fourth-order valence-electron chi connectivity index (χ4n) is 4.70. The van der Waals surface area contributed by atoms with Gasteiger partial charge < -0.3 is 19.5 Å². The van der Waals surface area contributed by atoms with Gasteiger partial charge in [0.1, 0.15) is 11.4 Å². The molecule has 5 rings (SSSR count). The maximum Gasteiger partial charge on any atom is 0.274 e. The van der Waals surface area contributed by atoms with E-state index in [0.717, 1.165) is 30.7 Å². The first-order chi connectivity index (χ1) is 14.5. The van der Waals surface area contributed by atoms with Crippen molar-refractivity contribution in [3.8, 4) is 5.75 Å². The minimum absolute atomic E-state index is 0.0106. The molecule has 1 aliphatic carbocycles. The van der Waals surface area contributed by atoms with Gasteiger partial charge in [0.2, 0.25) is 5.91 Å². The molecule has 1 saturated heterocycles. The third-order valence-corrected chi connectivity index (χ3v) is 6.43. The lowest BCUT2D eigenvalue weighted by Gasteiger charge is -2.43. The predicted octanol–water partition coefficient (Wildman–Crippen LogP) is 2.46. The number of benzene rings is 1. The second kappa shape index (κ2) is 7.31. The Bertz CT molecular complexity index is 1060. The number of hydrogen-bond acceptors (Lipinski definition) is 4. The van der Waals surface area contributed by atoms with Gasteiger partial charge in [-0.25, -0.2) is 0 Å². The molecule has 30 heavy (non-hydrogen) atoms. The number of likely N-dealkylation sites (tertiary alicyclic amines) is 1. The predicted molar refractivity (Wildman–Crippen MR) is 112 cm³/mol. The normalized spacial score (nSPS) is 22.2. The van der Waals surface area contributed by atoms with E-state index in [-0.39, 0.29) is 35.1 Å². The molecule has 1 aromatic heterocycles. The molecule has 2 bridgehead atoms. The number of pyridine rings is 1. The Morgan fingerprint density at radius 1 is 1.03 bits per heavy atom. The minimum Gasteiger partial charge on any atom is -0.497 e. The SMILES string of the molecule is COc1ccc(C(=O)N2C[C@@H]3C[C@H](C2)c2ccc(NC(=O)C4CC4)c(=O)n2C3)cc1. The van der Waals surface area contributed by atoms with Gasteiger partial charge in [-0.05, 0) is 61.6 Å². The van der Waals surface area contributed by atoms with E-state index in [2.05, 4.69) is 5.32 Å². The molecule has 1 aromatic carbocycles. The molecule has 7 heteroatoms. The van der Waals surface area contributed by atoms with Gasteiger partial charge in [-0.15, -0.1) is 0 Å². The monoisotopic (exact) mass is 407 g/mol. The maximum atomic E-state index is 13.0. The highest BCUT2D eigenvalue weighted by atomic mass is 16.5. The Kier molecular flexibility index (Phi) is 4.60. The summed E-state index contributed by atoms with van der Waals surface area (Å²) >= 11 is 0. The number of carbonyl (C=O) groups is 2. The Morgan fingerprint density at radius 2 is 1.80 bits per heavy atom. The second-order valence-electron chi connectivity index (χ2n) is 8.59. The van der Waals surface area contributed by atoms with Crippen LogP contribution in [0.15, 0.2) is 41.2 Å². The largest absolute Gasteiger partial charge is 0.497 e. The molecule has 2 aliphatic heterocycles. The molecule has 2 fully saturated rings. The average molecular weight is 407 g/mol. The molecule has 0 radical (unpaired) electrons. The lowest BCUT2D eigenvalue weighted by molar-refractivity contribution is -0.117. The molecular weight excluding hydrogens is 382 g/mol. The first kappa shape index (κ1) is 18.9. The number of anilines is 1. The van der Waals surface area contributed by atoms with Crippen molar-refractivity contribution in [3.63, 3.8) is 0 Å². The van der Waals surface area contributed by atoms with Crippen LogP contribution in [0.3, 0.4) is 0 Å². The van der Waals surface area contributed by atoms with Crippen molar-refractivity contribution in [1.82, 2.24) is 9.47 Å². The molecule has 0 spiro atoms. The number of nitrogens with one attached hydrogen (secondary N) is 1. The van der Waals surface area contributed by atoms with Gasteiger partial charge in [-0.2, -0.15) is 0 Å². The fourth-order valence-corrected chi connectivity index (χ4v) is 4.70. The van der Waals surface area contributed by atoms with Crippen molar-refractivity contribution in [2.24, 2.45) is 11.8 Å². The third-order valence-electron chi connectivity index (χ3n) is 6.43. The second-order valence-corrected chi connectivity index (χ2v) is 8.59. The summed E-state index contributed by atoms with van der Waals surface area (Å²) in [7, 11) is 1.60. The molecule has 3 heterocycles. The Hall–Kier alpha value is -3.09. The van der Waals surface area contributed by atoms with Crippen LogP contribution in [0.1, 0.15) is 41.2 Å². The van der Waals surface area contributed by atoms with Gasteiger partial charge in [0.25, 0.3) is 11.5 Å². The first-order valence-corrected chi connectivity index (χ1v) is 10.5. The van der Waals surface area contributed by atoms with E-state index in [1.54, 1.807) is 42.0 Å². The summed E-state index contributed by atoms with van der Waals surface area (Å²) in [6, 6.07) is 10.8. The zero-order valence-electron chi connectivity index (χ0n) is 17.0. The quantitative estimate of drug-likeness (QED) is 0.844. The summed E-state index contributed by atoms with van der Waals surface area (Å²) in [5, 5.41) is 2.80. The van der Waals surface area contributed by atoms with Gasteiger partial charge in [0.05, 0.1) is 7.11 Å². The van der Waals surface area contributed by atoms with Crippen LogP contribution in [0.4, 0.5) is 5.69 Å². The summed E-state index contributed by atoms with van der Waals surface area (Å²) in [6.45, 7) is 1.80. The molecule has 1 N–H and O–H groups in total. The van der Waals surface area contributed by atoms with E-state index in [4.69, 9.17) is 4.74 Å². The zero-order chi connectivity index (χ0) is 20.8. The Labute approximate surface area is 174 Å². The standard InChI is InChI=1S/C23H25N3O4/c1-30-18-6-4-16(5-7-18)22(28)25-11-14-10-17(13-25)20-9-8-19(23(29)26(20)12-14)24-21(27)15-2-3-15/h4-9,14-15,17H,2-3,10-13H2,1H3,(H,24,27)/t14-,17+/m0/s1. The maximum absolute atomic E-state index is 13.0. The van der Waals surface area contributed by atoms with Crippen LogP contribution in [0.2, 0.25) is 0 Å². The highest BCUT2D eigenvalue weighted by Gasteiger charge is 2.37. The van der Waals surface area contributed by atoms with Gasteiger partial charge in [-0.1, -0.05) is 0 Å². The lowest BCUT2D eigenvalue weighted by Crippen LogP contribution is -2.49. The molecular formula is C23H25N3O4. The van der Waals surface area contributed by atoms with Crippen LogP contribution in [0.25, 0.3) is 0 Å². The number of nitrogens with zero attached hydrogens (tertiary/aromatic N) is 2. The van der Waals surface area contributed by atoms with Gasteiger partial charge in [0.15, 0.2) is 0 Å². The molecule has 7 nitrogen and oxygen atoms in total. The number of methoxy groups -OCH3 is 1. The Balaban J connectivity index is 1.36. The summed E-state index contributed by atoms with van der Waals surface area (Å²) in [4.78, 5) is 40.0. The van der Waals surface area contributed by atoms with Crippen LogP contribution in [0.5, 0.6) is 5.75 Å². The van der Waals surface area contributed by atoms with Crippen LogP contribution in [-0.2, 0) is 11.3 Å². The number of piperidine rings is 1. The van der Waals surface area contributed by atoms with Gasteiger partial charge in [0, 0.05) is 42.7 Å². The highest BCUT2D eigenvalue weighted by Crippen LogP contribution is 2.36. The van der Waals surface area contributed by atoms with E-state index in [1.165, 1.54) is 0 Å². The molecule has 0 unspecified atom stereocenters.